The summed E-state index contributed by atoms with van der Waals surface area (Å²) in [5, 5.41) is 4.08. The zero-order valence-electron chi connectivity index (χ0n) is 10.4. The maximum absolute atomic E-state index is 12.0. The molecule has 0 spiro atoms. The van der Waals surface area contributed by atoms with Crippen LogP contribution in [0.1, 0.15) is 33.6 Å². The number of hydrogen-bond acceptors (Lipinski definition) is 2. The molecule has 0 saturated carbocycles. The zero-order chi connectivity index (χ0) is 12.6. The lowest BCUT2D eigenvalue weighted by Crippen LogP contribution is -2.49. The van der Waals surface area contributed by atoms with Gasteiger partial charge in [-0.25, -0.2) is 5.32 Å². The van der Waals surface area contributed by atoms with Crippen LogP contribution < -0.4 is 5.32 Å². The fraction of sp³-hybridized carbons (Fsp3) is 0.538. The monoisotopic (exact) mass is 233 g/mol. The third-order valence-corrected chi connectivity index (χ3v) is 3.19. The molecular formula is C13H17N2O2. The molecule has 2 rings (SSSR count). The average molecular weight is 233 g/mol. The van der Waals surface area contributed by atoms with Crippen molar-refractivity contribution in [3.8, 4) is 0 Å². The quantitative estimate of drug-likeness (QED) is 0.642. The molecule has 2 amide bonds. The molecule has 0 bridgehead atoms. The third kappa shape index (κ3) is 1.99. The predicted octanol–water partition coefficient (Wildman–Crippen LogP) is 1.36. The van der Waals surface area contributed by atoms with Crippen LogP contribution in [0.4, 0.5) is 0 Å². The highest BCUT2D eigenvalue weighted by atomic mass is 16.2. The van der Waals surface area contributed by atoms with E-state index in [0.717, 1.165) is 18.4 Å². The van der Waals surface area contributed by atoms with Crippen LogP contribution in [0.25, 0.3) is 0 Å². The molecule has 0 aromatic carbocycles. The molecule has 1 heterocycles. The second-order valence-electron chi connectivity index (χ2n) is 4.93. The SMILES string of the molecule is CC(=O)N1C(C2=CCC=CC2)C(=O)[N]C1(C)C. The van der Waals surface area contributed by atoms with Crippen molar-refractivity contribution in [2.45, 2.75) is 45.3 Å². The molecule has 1 saturated heterocycles. The first kappa shape index (κ1) is 11.9. The van der Waals surface area contributed by atoms with Crippen molar-refractivity contribution in [3.63, 3.8) is 0 Å². The van der Waals surface area contributed by atoms with Crippen molar-refractivity contribution in [2.24, 2.45) is 0 Å². The van der Waals surface area contributed by atoms with E-state index in [2.05, 4.69) is 11.4 Å². The summed E-state index contributed by atoms with van der Waals surface area (Å²) in [6, 6.07) is -0.493. The number of hydrogen-bond donors (Lipinski definition) is 0. The van der Waals surface area contributed by atoms with Gasteiger partial charge < -0.3 is 4.90 Å². The van der Waals surface area contributed by atoms with Crippen molar-refractivity contribution < 1.29 is 9.59 Å². The molecule has 1 fully saturated rings. The van der Waals surface area contributed by atoms with Gasteiger partial charge in [0.25, 0.3) is 5.91 Å². The van der Waals surface area contributed by atoms with Gasteiger partial charge in [0.15, 0.2) is 0 Å². The van der Waals surface area contributed by atoms with Crippen LogP contribution in [0.5, 0.6) is 0 Å². The molecule has 1 atom stereocenters. The van der Waals surface area contributed by atoms with Gasteiger partial charge in [0.05, 0.1) is 0 Å². The first-order valence-corrected chi connectivity index (χ1v) is 5.84. The summed E-state index contributed by atoms with van der Waals surface area (Å²) in [4.78, 5) is 25.3. The second-order valence-corrected chi connectivity index (χ2v) is 4.93. The van der Waals surface area contributed by atoms with Crippen molar-refractivity contribution in [1.29, 1.82) is 0 Å². The second kappa shape index (κ2) is 4.02. The van der Waals surface area contributed by atoms with Crippen molar-refractivity contribution in [3.05, 3.63) is 23.8 Å². The fourth-order valence-corrected chi connectivity index (χ4v) is 2.54. The zero-order valence-corrected chi connectivity index (χ0v) is 10.4. The summed E-state index contributed by atoms with van der Waals surface area (Å²) < 4.78 is 0. The van der Waals surface area contributed by atoms with Gasteiger partial charge in [-0.15, -0.1) is 0 Å². The first-order chi connectivity index (χ1) is 7.93. The van der Waals surface area contributed by atoms with Crippen LogP contribution in [-0.2, 0) is 9.59 Å². The van der Waals surface area contributed by atoms with Gasteiger partial charge >= 0.3 is 0 Å². The minimum absolute atomic E-state index is 0.106. The van der Waals surface area contributed by atoms with E-state index in [0.29, 0.717) is 0 Å². The van der Waals surface area contributed by atoms with Gasteiger partial charge in [-0.05, 0) is 32.3 Å². The summed E-state index contributed by atoms with van der Waals surface area (Å²) in [5.74, 6) is -0.309. The van der Waals surface area contributed by atoms with Crippen molar-refractivity contribution in [2.75, 3.05) is 0 Å². The van der Waals surface area contributed by atoms with Crippen LogP contribution in [-0.4, -0.2) is 28.4 Å². The van der Waals surface area contributed by atoms with E-state index in [1.54, 1.807) is 18.7 Å². The number of carbonyl (C=O) groups is 2. The maximum atomic E-state index is 12.0. The summed E-state index contributed by atoms with van der Waals surface area (Å²) >= 11 is 0. The van der Waals surface area contributed by atoms with Gasteiger partial charge in [0.1, 0.15) is 11.7 Å². The molecule has 1 radical (unpaired) electrons. The Labute approximate surface area is 101 Å². The molecule has 0 aromatic rings. The van der Waals surface area contributed by atoms with E-state index in [4.69, 9.17) is 0 Å². The van der Waals surface area contributed by atoms with E-state index in [9.17, 15) is 9.59 Å². The van der Waals surface area contributed by atoms with E-state index < -0.39 is 11.7 Å². The summed E-state index contributed by atoms with van der Waals surface area (Å²) in [5.41, 5.74) is 0.261. The van der Waals surface area contributed by atoms with E-state index >= 15 is 0 Å². The molecule has 17 heavy (non-hydrogen) atoms. The molecule has 91 valence electrons. The molecule has 1 aliphatic carbocycles. The Hall–Kier alpha value is -1.58. The number of amides is 2. The molecule has 4 heteroatoms. The largest absolute Gasteiger partial charge is 0.303 e. The lowest BCUT2D eigenvalue weighted by atomic mass is 9.97. The van der Waals surface area contributed by atoms with Crippen LogP contribution in [0.15, 0.2) is 23.8 Å². The molecule has 0 N–H and O–H groups in total. The van der Waals surface area contributed by atoms with Crippen LogP contribution in [0.2, 0.25) is 0 Å². The molecular weight excluding hydrogens is 216 g/mol. The van der Waals surface area contributed by atoms with E-state index in [1.807, 2.05) is 12.2 Å². The Morgan fingerprint density at radius 2 is 2.18 bits per heavy atom. The van der Waals surface area contributed by atoms with E-state index in [1.165, 1.54) is 6.92 Å². The van der Waals surface area contributed by atoms with Crippen LogP contribution in [0.3, 0.4) is 0 Å². The van der Waals surface area contributed by atoms with Gasteiger partial charge in [-0.3, -0.25) is 9.59 Å². The minimum Gasteiger partial charge on any atom is -0.303 e. The summed E-state index contributed by atoms with van der Waals surface area (Å²) in [6.07, 6.45) is 7.67. The topological polar surface area (TPSA) is 51.5 Å². The molecule has 0 aromatic heterocycles. The third-order valence-electron chi connectivity index (χ3n) is 3.19. The van der Waals surface area contributed by atoms with Crippen LogP contribution in [0, 0.1) is 0 Å². The first-order valence-electron chi connectivity index (χ1n) is 5.84. The van der Waals surface area contributed by atoms with E-state index in [-0.39, 0.29) is 11.8 Å². The Morgan fingerprint density at radius 3 is 2.71 bits per heavy atom. The Kier molecular flexibility index (Phi) is 2.81. The lowest BCUT2D eigenvalue weighted by Gasteiger charge is -2.32. The van der Waals surface area contributed by atoms with Gasteiger partial charge in [-0.2, -0.15) is 0 Å². The van der Waals surface area contributed by atoms with Crippen molar-refractivity contribution >= 4 is 11.8 Å². The van der Waals surface area contributed by atoms with Gasteiger partial charge in [0.2, 0.25) is 5.91 Å². The van der Waals surface area contributed by atoms with Gasteiger partial charge in [0, 0.05) is 6.92 Å². The molecule has 1 unspecified atom stereocenters. The Morgan fingerprint density at radius 1 is 1.47 bits per heavy atom. The summed E-state index contributed by atoms with van der Waals surface area (Å²) in [6.45, 7) is 5.08. The lowest BCUT2D eigenvalue weighted by molar-refractivity contribution is -0.135. The van der Waals surface area contributed by atoms with Crippen molar-refractivity contribution in [1.82, 2.24) is 10.2 Å². The predicted molar refractivity (Wildman–Crippen MR) is 64.0 cm³/mol. The molecule has 1 aliphatic heterocycles. The number of rotatable bonds is 1. The normalized spacial score (nSPS) is 26.8. The highest BCUT2D eigenvalue weighted by Gasteiger charge is 2.49. The minimum atomic E-state index is -0.727. The maximum Gasteiger partial charge on any atom is 0.270 e. The fourth-order valence-electron chi connectivity index (χ4n) is 2.54. The molecule has 4 nitrogen and oxygen atoms in total. The standard InChI is InChI=1S/C13H17N2O2/c1-9(16)15-11(10-7-5-4-6-8-10)12(17)14-13(15,2)3/h4-5,8,11H,6-7H2,1-3H3. The number of carbonyl (C=O) groups excluding carboxylic acids is 2. The Bertz CT molecular complexity index is 421. The Balaban J connectivity index is 2.34. The highest BCUT2D eigenvalue weighted by Crippen LogP contribution is 2.31. The van der Waals surface area contributed by atoms with Crippen LogP contribution >= 0.6 is 0 Å². The molecule has 2 aliphatic rings. The highest BCUT2D eigenvalue weighted by molar-refractivity contribution is 5.93. The van der Waals surface area contributed by atoms with Gasteiger partial charge in [-0.1, -0.05) is 18.2 Å². The summed E-state index contributed by atoms with van der Waals surface area (Å²) in [7, 11) is 0. The smallest absolute Gasteiger partial charge is 0.270 e. The average Bonchev–Trinajstić information content (AvgIpc) is 2.49. The number of nitrogens with zero attached hydrogens (tertiary/aromatic N) is 2. The number of allylic oxidation sites excluding steroid dienone is 3.